The van der Waals surface area contributed by atoms with E-state index in [-0.39, 0.29) is 29.7 Å². The standard InChI is InChI=1S/C20H19ClFN5O2S/c1-12-7-8-13(9-14(12)21)23-18(28)10-17-25-26-20(27(17)2)30-11-19(29)24-16-6-4-3-5-15(16)22/h3-9H,10-11H2,1-2H3,(H,23,28)(H,24,29). The molecule has 7 nitrogen and oxygen atoms in total. The first-order valence-corrected chi connectivity index (χ1v) is 10.3. The van der Waals surface area contributed by atoms with E-state index in [9.17, 15) is 14.0 Å². The molecule has 1 heterocycles. The predicted octanol–water partition coefficient (Wildman–Crippen LogP) is 3.83. The number of para-hydroxylation sites is 1. The lowest BCUT2D eigenvalue weighted by Gasteiger charge is -2.08. The molecule has 0 spiro atoms. The van der Waals surface area contributed by atoms with Gasteiger partial charge in [0.25, 0.3) is 0 Å². The van der Waals surface area contributed by atoms with Gasteiger partial charge in [0.15, 0.2) is 5.16 Å². The summed E-state index contributed by atoms with van der Waals surface area (Å²) in [6.07, 6.45) is 0.0109. The fraction of sp³-hybridized carbons (Fsp3) is 0.200. The van der Waals surface area contributed by atoms with Crippen LogP contribution in [0.1, 0.15) is 11.4 Å². The maximum absolute atomic E-state index is 13.6. The molecule has 1 aromatic heterocycles. The van der Waals surface area contributed by atoms with Gasteiger partial charge in [-0.2, -0.15) is 0 Å². The Hall–Kier alpha value is -2.91. The number of carbonyl (C=O) groups is 2. The number of hydrogen-bond acceptors (Lipinski definition) is 5. The average Bonchev–Trinajstić information content (AvgIpc) is 3.04. The van der Waals surface area contributed by atoms with Crippen molar-refractivity contribution < 1.29 is 14.0 Å². The van der Waals surface area contributed by atoms with Gasteiger partial charge in [-0.3, -0.25) is 9.59 Å². The number of hydrogen-bond donors (Lipinski definition) is 2. The van der Waals surface area contributed by atoms with Crippen LogP contribution >= 0.6 is 23.4 Å². The van der Waals surface area contributed by atoms with Gasteiger partial charge < -0.3 is 15.2 Å². The van der Waals surface area contributed by atoms with E-state index in [1.807, 2.05) is 13.0 Å². The Labute approximate surface area is 182 Å². The Morgan fingerprint density at radius 2 is 1.90 bits per heavy atom. The molecular formula is C20H19ClFN5O2S. The molecule has 0 radical (unpaired) electrons. The van der Waals surface area contributed by atoms with Crippen molar-refractivity contribution in [2.24, 2.45) is 7.05 Å². The van der Waals surface area contributed by atoms with Crippen LogP contribution in [0.2, 0.25) is 5.02 Å². The third kappa shape index (κ3) is 5.58. The van der Waals surface area contributed by atoms with Crippen LogP contribution in [-0.2, 0) is 23.1 Å². The first-order valence-electron chi connectivity index (χ1n) is 8.95. The lowest BCUT2D eigenvalue weighted by Crippen LogP contribution is -2.17. The summed E-state index contributed by atoms with van der Waals surface area (Å²) in [5, 5.41) is 14.4. The van der Waals surface area contributed by atoms with E-state index in [2.05, 4.69) is 20.8 Å². The van der Waals surface area contributed by atoms with Crippen LogP contribution in [0.25, 0.3) is 0 Å². The fourth-order valence-electron chi connectivity index (χ4n) is 2.52. The van der Waals surface area contributed by atoms with Crippen molar-refractivity contribution in [2.45, 2.75) is 18.5 Å². The van der Waals surface area contributed by atoms with E-state index in [1.54, 1.807) is 35.9 Å². The van der Waals surface area contributed by atoms with Crippen molar-refractivity contribution in [3.63, 3.8) is 0 Å². The van der Waals surface area contributed by atoms with Crippen molar-refractivity contribution in [3.05, 3.63) is 64.7 Å². The highest BCUT2D eigenvalue weighted by Crippen LogP contribution is 2.21. The summed E-state index contributed by atoms with van der Waals surface area (Å²) in [7, 11) is 1.71. The molecule has 0 bridgehead atoms. The van der Waals surface area contributed by atoms with Gasteiger partial charge in [0.05, 0.1) is 17.9 Å². The number of aryl methyl sites for hydroxylation is 1. The van der Waals surface area contributed by atoms with E-state index in [4.69, 9.17) is 11.6 Å². The third-order valence-corrected chi connectivity index (χ3v) is 5.61. The number of benzene rings is 2. The summed E-state index contributed by atoms with van der Waals surface area (Å²) in [5.41, 5.74) is 1.63. The number of anilines is 2. The second-order valence-electron chi connectivity index (χ2n) is 6.46. The second kappa shape index (κ2) is 9.73. The van der Waals surface area contributed by atoms with Crippen LogP contribution in [0.3, 0.4) is 0 Å². The molecule has 3 aromatic rings. The van der Waals surface area contributed by atoms with Gasteiger partial charge in [-0.1, -0.05) is 41.6 Å². The van der Waals surface area contributed by atoms with E-state index >= 15 is 0 Å². The zero-order valence-corrected chi connectivity index (χ0v) is 17.9. The summed E-state index contributed by atoms with van der Waals surface area (Å²) in [5.74, 6) is -0.669. The summed E-state index contributed by atoms with van der Waals surface area (Å²) >= 11 is 7.21. The largest absolute Gasteiger partial charge is 0.326 e. The molecule has 0 aliphatic heterocycles. The van der Waals surface area contributed by atoms with Gasteiger partial charge in [-0.15, -0.1) is 10.2 Å². The normalized spacial score (nSPS) is 10.7. The Morgan fingerprint density at radius 1 is 1.13 bits per heavy atom. The molecule has 0 saturated heterocycles. The summed E-state index contributed by atoms with van der Waals surface area (Å²) in [6, 6.07) is 11.2. The molecule has 0 fully saturated rings. The average molecular weight is 448 g/mol. The zero-order chi connectivity index (χ0) is 21.7. The number of nitrogens with zero attached hydrogens (tertiary/aromatic N) is 3. The second-order valence-corrected chi connectivity index (χ2v) is 7.81. The maximum atomic E-state index is 13.6. The molecule has 3 rings (SSSR count). The van der Waals surface area contributed by atoms with Crippen molar-refractivity contribution in [1.82, 2.24) is 14.8 Å². The summed E-state index contributed by atoms with van der Waals surface area (Å²) in [6.45, 7) is 1.88. The molecule has 2 amide bonds. The van der Waals surface area contributed by atoms with Gasteiger partial charge in [0.1, 0.15) is 11.6 Å². The number of halogens is 2. The van der Waals surface area contributed by atoms with Crippen LogP contribution in [0.5, 0.6) is 0 Å². The van der Waals surface area contributed by atoms with Gasteiger partial charge in [-0.05, 0) is 36.8 Å². The third-order valence-electron chi connectivity index (χ3n) is 4.18. The lowest BCUT2D eigenvalue weighted by molar-refractivity contribution is -0.116. The first-order chi connectivity index (χ1) is 14.3. The minimum atomic E-state index is -0.502. The number of nitrogens with one attached hydrogen (secondary N) is 2. The molecule has 10 heteroatoms. The molecular weight excluding hydrogens is 429 g/mol. The minimum Gasteiger partial charge on any atom is -0.326 e. The van der Waals surface area contributed by atoms with E-state index in [1.165, 1.54) is 12.1 Å². The first kappa shape index (κ1) is 21.8. The Kier molecular flexibility index (Phi) is 7.07. The number of aromatic nitrogens is 3. The Morgan fingerprint density at radius 3 is 2.63 bits per heavy atom. The maximum Gasteiger partial charge on any atom is 0.234 e. The van der Waals surface area contributed by atoms with Gasteiger partial charge in [0, 0.05) is 17.8 Å². The Balaban J connectivity index is 1.55. The lowest BCUT2D eigenvalue weighted by atomic mass is 10.2. The van der Waals surface area contributed by atoms with Crippen LogP contribution in [0, 0.1) is 12.7 Å². The van der Waals surface area contributed by atoms with E-state index in [0.29, 0.717) is 21.7 Å². The number of amides is 2. The molecule has 0 unspecified atom stereocenters. The van der Waals surface area contributed by atoms with Gasteiger partial charge >= 0.3 is 0 Å². The molecule has 0 aliphatic carbocycles. The summed E-state index contributed by atoms with van der Waals surface area (Å²) < 4.78 is 15.2. The van der Waals surface area contributed by atoms with Crippen LogP contribution in [0.15, 0.2) is 47.6 Å². The number of thioether (sulfide) groups is 1. The Bertz CT molecular complexity index is 1090. The molecule has 30 heavy (non-hydrogen) atoms. The van der Waals surface area contributed by atoms with Crippen LogP contribution < -0.4 is 10.6 Å². The molecule has 0 atom stereocenters. The van der Waals surface area contributed by atoms with Crippen molar-refractivity contribution in [1.29, 1.82) is 0 Å². The quantitative estimate of drug-likeness (QED) is 0.537. The number of carbonyl (C=O) groups excluding carboxylic acids is 2. The van der Waals surface area contributed by atoms with Crippen molar-refractivity contribution >= 4 is 46.6 Å². The molecule has 2 aromatic carbocycles. The smallest absolute Gasteiger partial charge is 0.234 e. The fourth-order valence-corrected chi connectivity index (χ4v) is 3.43. The van der Waals surface area contributed by atoms with Crippen LogP contribution in [-0.4, -0.2) is 32.3 Å². The SMILES string of the molecule is Cc1ccc(NC(=O)Cc2nnc(SCC(=O)Nc3ccccc3F)n2C)cc1Cl. The van der Waals surface area contributed by atoms with Gasteiger partial charge in [-0.25, -0.2) is 4.39 Å². The van der Waals surface area contributed by atoms with Gasteiger partial charge in [0.2, 0.25) is 11.8 Å². The zero-order valence-electron chi connectivity index (χ0n) is 16.3. The van der Waals surface area contributed by atoms with Crippen LogP contribution in [0.4, 0.5) is 15.8 Å². The topological polar surface area (TPSA) is 88.9 Å². The minimum absolute atomic E-state index is 0.0109. The monoisotopic (exact) mass is 447 g/mol. The highest BCUT2D eigenvalue weighted by Gasteiger charge is 2.15. The molecule has 156 valence electrons. The summed E-state index contributed by atoms with van der Waals surface area (Å²) in [4.78, 5) is 24.4. The highest BCUT2D eigenvalue weighted by atomic mass is 35.5. The highest BCUT2D eigenvalue weighted by molar-refractivity contribution is 7.99. The predicted molar refractivity (Wildman–Crippen MR) is 115 cm³/mol. The molecule has 0 aliphatic rings. The van der Waals surface area contributed by atoms with Crippen molar-refractivity contribution in [3.8, 4) is 0 Å². The molecule has 2 N–H and O–H groups in total. The molecule has 0 saturated carbocycles. The van der Waals surface area contributed by atoms with E-state index in [0.717, 1.165) is 17.3 Å². The van der Waals surface area contributed by atoms with E-state index < -0.39 is 5.82 Å². The number of rotatable bonds is 7. The van der Waals surface area contributed by atoms with Crippen molar-refractivity contribution in [2.75, 3.05) is 16.4 Å².